The molecule has 0 unspecified atom stereocenters. The van der Waals surface area contributed by atoms with Crippen LogP contribution >= 0.6 is 0 Å². The molecule has 0 radical (unpaired) electrons. The Kier molecular flexibility index (Phi) is 6.55. The molecular formula is C16H22FNO. The summed E-state index contributed by atoms with van der Waals surface area (Å²) in [5.41, 5.74) is 1.29. The van der Waals surface area contributed by atoms with E-state index in [0.29, 0.717) is 23.6 Å². The van der Waals surface area contributed by atoms with Gasteiger partial charge in [-0.3, -0.25) is 4.90 Å². The van der Waals surface area contributed by atoms with Gasteiger partial charge in [0.25, 0.3) is 0 Å². The van der Waals surface area contributed by atoms with Crippen LogP contribution in [0.1, 0.15) is 31.9 Å². The van der Waals surface area contributed by atoms with Crippen molar-refractivity contribution in [2.45, 2.75) is 27.3 Å². The fourth-order valence-electron chi connectivity index (χ4n) is 1.96. The van der Waals surface area contributed by atoms with Crippen LogP contribution < -0.4 is 0 Å². The molecule has 0 aliphatic rings. The summed E-state index contributed by atoms with van der Waals surface area (Å²) in [5.74, 6) is 5.56. The summed E-state index contributed by atoms with van der Waals surface area (Å²) >= 11 is 0. The maximum atomic E-state index is 14.0. The summed E-state index contributed by atoms with van der Waals surface area (Å²) in [6.07, 6.45) is 0. The van der Waals surface area contributed by atoms with Crippen molar-refractivity contribution in [2.24, 2.45) is 5.92 Å². The number of benzene rings is 1. The first-order valence-corrected chi connectivity index (χ1v) is 6.67. The highest BCUT2D eigenvalue weighted by Gasteiger charge is 2.09. The SMILES string of the molecule is CCN(Cc1ccc(C#CCO)cc1F)CC(C)C. The van der Waals surface area contributed by atoms with Crippen molar-refractivity contribution in [3.05, 3.63) is 35.1 Å². The van der Waals surface area contributed by atoms with E-state index < -0.39 is 0 Å². The van der Waals surface area contributed by atoms with E-state index in [-0.39, 0.29) is 12.4 Å². The molecule has 0 aliphatic heterocycles. The largest absolute Gasteiger partial charge is 0.384 e. The molecule has 0 aliphatic carbocycles. The van der Waals surface area contributed by atoms with Crippen LogP contribution in [-0.4, -0.2) is 29.7 Å². The van der Waals surface area contributed by atoms with Gasteiger partial charge in [0.05, 0.1) is 0 Å². The van der Waals surface area contributed by atoms with Gasteiger partial charge in [-0.15, -0.1) is 0 Å². The van der Waals surface area contributed by atoms with E-state index in [0.717, 1.165) is 13.1 Å². The Morgan fingerprint density at radius 3 is 2.63 bits per heavy atom. The summed E-state index contributed by atoms with van der Waals surface area (Å²) in [5, 5.41) is 8.61. The highest BCUT2D eigenvalue weighted by molar-refractivity contribution is 5.37. The van der Waals surface area contributed by atoms with Crippen LogP contribution in [0.2, 0.25) is 0 Å². The lowest BCUT2D eigenvalue weighted by molar-refractivity contribution is 0.245. The Morgan fingerprint density at radius 1 is 1.37 bits per heavy atom. The minimum atomic E-state index is -0.230. The lowest BCUT2D eigenvalue weighted by Crippen LogP contribution is -2.27. The fraction of sp³-hybridized carbons (Fsp3) is 0.500. The second-order valence-electron chi connectivity index (χ2n) is 4.99. The third-order valence-corrected chi connectivity index (χ3v) is 2.83. The first-order valence-electron chi connectivity index (χ1n) is 6.67. The van der Waals surface area contributed by atoms with Crippen molar-refractivity contribution in [3.8, 4) is 11.8 Å². The van der Waals surface area contributed by atoms with E-state index in [9.17, 15) is 4.39 Å². The monoisotopic (exact) mass is 263 g/mol. The molecule has 0 heterocycles. The normalized spacial score (nSPS) is 10.7. The Bertz CT molecular complexity index is 460. The number of nitrogens with zero attached hydrogens (tertiary/aromatic N) is 1. The van der Waals surface area contributed by atoms with Gasteiger partial charge in [-0.05, 0) is 24.6 Å². The second-order valence-corrected chi connectivity index (χ2v) is 4.99. The van der Waals surface area contributed by atoms with Crippen molar-refractivity contribution in [1.82, 2.24) is 4.90 Å². The van der Waals surface area contributed by atoms with Crippen molar-refractivity contribution < 1.29 is 9.50 Å². The van der Waals surface area contributed by atoms with Crippen molar-refractivity contribution in [2.75, 3.05) is 19.7 Å². The van der Waals surface area contributed by atoms with Crippen LogP contribution in [0.3, 0.4) is 0 Å². The van der Waals surface area contributed by atoms with Crippen LogP contribution in [0.5, 0.6) is 0 Å². The van der Waals surface area contributed by atoms with Crippen LogP contribution in [0.4, 0.5) is 4.39 Å². The second kappa shape index (κ2) is 7.93. The average Bonchev–Trinajstić information content (AvgIpc) is 2.37. The molecule has 0 bridgehead atoms. The molecule has 0 spiro atoms. The van der Waals surface area contributed by atoms with Gasteiger partial charge in [0, 0.05) is 24.2 Å². The highest BCUT2D eigenvalue weighted by atomic mass is 19.1. The molecule has 1 rings (SSSR count). The Balaban J connectivity index is 2.78. The van der Waals surface area contributed by atoms with Gasteiger partial charge >= 0.3 is 0 Å². The fourth-order valence-corrected chi connectivity index (χ4v) is 1.96. The van der Waals surface area contributed by atoms with Gasteiger partial charge in [-0.2, -0.15) is 0 Å². The molecule has 1 aromatic rings. The number of hydrogen-bond donors (Lipinski definition) is 1. The van der Waals surface area contributed by atoms with Crippen LogP contribution in [-0.2, 0) is 6.54 Å². The van der Waals surface area contributed by atoms with E-state index in [1.54, 1.807) is 12.1 Å². The lowest BCUT2D eigenvalue weighted by Gasteiger charge is -2.22. The number of aliphatic hydroxyl groups excluding tert-OH is 1. The van der Waals surface area contributed by atoms with Crippen LogP contribution in [0, 0.1) is 23.6 Å². The van der Waals surface area contributed by atoms with Gasteiger partial charge in [0.15, 0.2) is 0 Å². The maximum absolute atomic E-state index is 14.0. The number of rotatable bonds is 5. The van der Waals surface area contributed by atoms with Crippen molar-refractivity contribution in [1.29, 1.82) is 0 Å². The minimum Gasteiger partial charge on any atom is -0.384 e. The van der Waals surface area contributed by atoms with E-state index in [2.05, 4.69) is 37.5 Å². The van der Waals surface area contributed by atoms with E-state index in [1.165, 1.54) is 6.07 Å². The zero-order valence-electron chi connectivity index (χ0n) is 11.9. The zero-order chi connectivity index (χ0) is 14.3. The van der Waals surface area contributed by atoms with E-state index in [1.807, 2.05) is 0 Å². The summed E-state index contributed by atoms with van der Waals surface area (Å²) in [6, 6.07) is 5.01. The molecule has 0 fully saturated rings. The van der Waals surface area contributed by atoms with Crippen LogP contribution in [0.25, 0.3) is 0 Å². The maximum Gasteiger partial charge on any atom is 0.128 e. The molecule has 19 heavy (non-hydrogen) atoms. The van der Waals surface area contributed by atoms with Gasteiger partial charge in [0.2, 0.25) is 0 Å². The van der Waals surface area contributed by atoms with Crippen molar-refractivity contribution in [3.63, 3.8) is 0 Å². The van der Waals surface area contributed by atoms with Gasteiger partial charge in [0.1, 0.15) is 12.4 Å². The molecule has 0 atom stereocenters. The molecule has 0 saturated carbocycles. The number of aliphatic hydroxyl groups is 1. The molecule has 0 saturated heterocycles. The summed E-state index contributed by atoms with van der Waals surface area (Å²) in [7, 11) is 0. The predicted octanol–water partition coefficient (Wildman–Crippen LogP) is 2.65. The molecule has 0 amide bonds. The molecule has 1 N–H and O–H groups in total. The summed E-state index contributed by atoms with van der Waals surface area (Å²) < 4.78 is 14.0. The third kappa shape index (κ3) is 5.42. The zero-order valence-corrected chi connectivity index (χ0v) is 11.9. The molecule has 104 valence electrons. The summed E-state index contributed by atoms with van der Waals surface area (Å²) in [4.78, 5) is 2.22. The molecule has 3 heteroatoms. The van der Waals surface area contributed by atoms with Crippen molar-refractivity contribution >= 4 is 0 Å². The van der Waals surface area contributed by atoms with Crippen LogP contribution in [0.15, 0.2) is 18.2 Å². The first kappa shape index (κ1) is 15.7. The van der Waals surface area contributed by atoms with E-state index >= 15 is 0 Å². The van der Waals surface area contributed by atoms with Gasteiger partial charge in [-0.25, -0.2) is 4.39 Å². The number of halogens is 1. The third-order valence-electron chi connectivity index (χ3n) is 2.83. The number of hydrogen-bond acceptors (Lipinski definition) is 2. The van der Waals surface area contributed by atoms with E-state index in [4.69, 9.17) is 5.11 Å². The molecule has 1 aromatic carbocycles. The Labute approximate surface area is 115 Å². The minimum absolute atomic E-state index is 0.207. The smallest absolute Gasteiger partial charge is 0.128 e. The average molecular weight is 263 g/mol. The highest BCUT2D eigenvalue weighted by Crippen LogP contribution is 2.13. The summed E-state index contributed by atoms with van der Waals surface area (Å²) in [6.45, 7) is 8.68. The topological polar surface area (TPSA) is 23.5 Å². The quantitative estimate of drug-likeness (QED) is 0.826. The molecule has 2 nitrogen and oxygen atoms in total. The Morgan fingerprint density at radius 2 is 2.11 bits per heavy atom. The Hall–Kier alpha value is -1.37. The van der Waals surface area contributed by atoms with Gasteiger partial charge < -0.3 is 5.11 Å². The molecule has 0 aromatic heterocycles. The molecular weight excluding hydrogens is 241 g/mol. The first-order chi connectivity index (χ1) is 9.06. The standard InChI is InChI=1S/C16H22FNO/c1-4-18(11-13(2)3)12-15-8-7-14(6-5-9-19)10-16(15)17/h7-8,10,13,19H,4,9,11-12H2,1-3H3. The van der Waals surface area contributed by atoms with Gasteiger partial charge in [-0.1, -0.05) is 38.7 Å². The predicted molar refractivity (Wildman–Crippen MR) is 76.2 cm³/mol. The lowest BCUT2D eigenvalue weighted by atomic mass is 10.1.